The molecule has 1 aliphatic carbocycles. The maximum Gasteiger partial charge on any atom is -0.0322 e. The van der Waals surface area contributed by atoms with Crippen LogP contribution in [0.3, 0.4) is 0 Å². The van der Waals surface area contributed by atoms with Crippen molar-refractivity contribution in [2.45, 2.75) is 64.7 Å². The second-order valence-corrected chi connectivity index (χ2v) is 4.35. The monoisotopic (exact) mass is 180 g/mol. The topological polar surface area (TPSA) is 0 Å². The molecule has 0 aromatic heterocycles. The zero-order valence-electron chi connectivity index (χ0n) is 9.10. The Morgan fingerprint density at radius 2 is 1.85 bits per heavy atom. The van der Waals surface area contributed by atoms with Gasteiger partial charge >= 0.3 is 0 Å². The van der Waals surface area contributed by atoms with Crippen molar-refractivity contribution < 1.29 is 0 Å². The van der Waals surface area contributed by atoms with E-state index in [1.54, 1.807) is 0 Å². The van der Waals surface area contributed by atoms with E-state index in [1.807, 2.05) is 0 Å². The van der Waals surface area contributed by atoms with E-state index in [9.17, 15) is 0 Å². The van der Waals surface area contributed by atoms with E-state index in [4.69, 9.17) is 0 Å². The normalized spacial score (nSPS) is 18.8. The molecule has 0 nitrogen and oxygen atoms in total. The Labute approximate surface area is 83.4 Å². The van der Waals surface area contributed by atoms with Crippen LogP contribution in [0, 0.1) is 5.92 Å². The third-order valence-corrected chi connectivity index (χ3v) is 3.09. The van der Waals surface area contributed by atoms with Crippen molar-refractivity contribution in [1.29, 1.82) is 0 Å². The van der Waals surface area contributed by atoms with Crippen molar-refractivity contribution in [2.75, 3.05) is 0 Å². The summed E-state index contributed by atoms with van der Waals surface area (Å²) in [6, 6.07) is 0. The molecular weight excluding hydrogens is 156 g/mol. The molecule has 1 rings (SSSR count). The van der Waals surface area contributed by atoms with Crippen molar-refractivity contribution in [3.63, 3.8) is 0 Å². The molecule has 0 aromatic carbocycles. The van der Waals surface area contributed by atoms with Gasteiger partial charge in [0.1, 0.15) is 0 Å². The molecule has 0 radical (unpaired) electrons. The molecule has 0 heterocycles. The smallest absolute Gasteiger partial charge is 0.0322 e. The predicted molar refractivity (Wildman–Crippen MR) is 59.9 cm³/mol. The van der Waals surface area contributed by atoms with Gasteiger partial charge in [0.25, 0.3) is 0 Å². The molecule has 0 aromatic rings. The minimum Gasteiger partial charge on any atom is -0.0885 e. The number of hydrogen-bond acceptors (Lipinski definition) is 0. The third-order valence-electron chi connectivity index (χ3n) is 3.09. The number of allylic oxidation sites excluding steroid dienone is 2. The summed E-state index contributed by atoms with van der Waals surface area (Å²) in [4.78, 5) is 0. The largest absolute Gasteiger partial charge is 0.0885 e. The van der Waals surface area contributed by atoms with Gasteiger partial charge in [-0.2, -0.15) is 0 Å². The SMILES string of the molecule is CCCCC/C=C/CC1CCCC1. The van der Waals surface area contributed by atoms with Crippen LogP contribution >= 0.6 is 0 Å². The van der Waals surface area contributed by atoms with Crippen molar-refractivity contribution in [3.8, 4) is 0 Å². The van der Waals surface area contributed by atoms with E-state index < -0.39 is 0 Å². The molecule has 76 valence electrons. The fraction of sp³-hybridized carbons (Fsp3) is 0.846. The van der Waals surface area contributed by atoms with Crippen LogP contribution < -0.4 is 0 Å². The molecule has 0 saturated heterocycles. The van der Waals surface area contributed by atoms with Crippen LogP contribution in [0.4, 0.5) is 0 Å². The van der Waals surface area contributed by atoms with E-state index >= 15 is 0 Å². The lowest BCUT2D eigenvalue weighted by molar-refractivity contribution is 0.557. The molecule has 13 heavy (non-hydrogen) atoms. The van der Waals surface area contributed by atoms with Crippen molar-refractivity contribution in [3.05, 3.63) is 12.2 Å². The van der Waals surface area contributed by atoms with Crippen molar-refractivity contribution in [2.24, 2.45) is 5.92 Å². The molecule has 1 aliphatic rings. The number of rotatable bonds is 6. The summed E-state index contributed by atoms with van der Waals surface area (Å²) < 4.78 is 0. The van der Waals surface area contributed by atoms with Crippen LogP contribution in [0.2, 0.25) is 0 Å². The lowest BCUT2D eigenvalue weighted by atomic mass is 10.0. The molecule has 0 unspecified atom stereocenters. The highest BCUT2D eigenvalue weighted by atomic mass is 14.2. The minimum atomic E-state index is 1.03. The van der Waals surface area contributed by atoms with Gasteiger partial charge in [-0.3, -0.25) is 0 Å². The first-order chi connectivity index (χ1) is 6.43. The second-order valence-electron chi connectivity index (χ2n) is 4.35. The van der Waals surface area contributed by atoms with Crippen LogP contribution in [0.15, 0.2) is 12.2 Å². The summed E-state index contributed by atoms with van der Waals surface area (Å²) in [5, 5.41) is 0. The summed E-state index contributed by atoms with van der Waals surface area (Å²) in [7, 11) is 0. The molecular formula is C13H24. The summed E-state index contributed by atoms with van der Waals surface area (Å²) in [5.41, 5.74) is 0. The molecule has 1 saturated carbocycles. The van der Waals surface area contributed by atoms with Gasteiger partial charge in [0, 0.05) is 0 Å². The van der Waals surface area contributed by atoms with Gasteiger partial charge < -0.3 is 0 Å². The van der Waals surface area contributed by atoms with Crippen LogP contribution in [0.1, 0.15) is 64.7 Å². The van der Waals surface area contributed by atoms with Crippen LogP contribution in [0.25, 0.3) is 0 Å². The lowest BCUT2D eigenvalue weighted by Gasteiger charge is -2.02. The molecule has 0 bridgehead atoms. The summed E-state index contributed by atoms with van der Waals surface area (Å²) >= 11 is 0. The van der Waals surface area contributed by atoms with Crippen LogP contribution in [-0.4, -0.2) is 0 Å². The maximum absolute atomic E-state index is 2.42. The quantitative estimate of drug-likeness (QED) is 0.410. The zero-order chi connectivity index (χ0) is 9.36. The van der Waals surface area contributed by atoms with Gasteiger partial charge in [-0.1, -0.05) is 57.6 Å². The van der Waals surface area contributed by atoms with E-state index in [2.05, 4.69) is 19.1 Å². The molecule has 0 N–H and O–H groups in total. The highest BCUT2D eigenvalue weighted by Crippen LogP contribution is 2.27. The number of hydrogen-bond donors (Lipinski definition) is 0. The fourth-order valence-electron chi connectivity index (χ4n) is 2.16. The Hall–Kier alpha value is -0.260. The standard InChI is InChI=1S/C13H24/c1-2-3-4-5-6-7-10-13-11-8-9-12-13/h6-7,13H,2-5,8-12H2,1H3/b7-6+. The molecule has 0 spiro atoms. The minimum absolute atomic E-state index is 1.03. The second kappa shape index (κ2) is 7.17. The molecule has 0 aliphatic heterocycles. The zero-order valence-corrected chi connectivity index (χ0v) is 9.10. The first-order valence-corrected chi connectivity index (χ1v) is 6.08. The summed E-state index contributed by atoms with van der Waals surface area (Å²) in [5.74, 6) is 1.03. The Morgan fingerprint density at radius 1 is 1.08 bits per heavy atom. The molecule has 0 amide bonds. The molecule has 1 fully saturated rings. The third kappa shape index (κ3) is 5.13. The highest BCUT2D eigenvalue weighted by Gasteiger charge is 2.12. The van der Waals surface area contributed by atoms with Gasteiger partial charge in [0.15, 0.2) is 0 Å². The van der Waals surface area contributed by atoms with Gasteiger partial charge in [-0.05, 0) is 25.2 Å². The van der Waals surface area contributed by atoms with Gasteiger partial charge in [0.05, 0.1) is 0 Å². The van der Waals surface area contributed by atoms with E-state index in [1.165, 1.54) is 57.8 Å². The Morgan fingerprint density at radius 3 is 2.54 bits per heavy atom. The van der Waals surface area contributed by atoms with E-state index in [0.717, 1.165) is 5.92 Å². The predicted octanol–water partition coefficient (Wildman–Crippen LogP) is 4.70. The number of unbranched alkanes of at least 4 members (excludes halogenated alkanes) is 3. The average molecular weight is 180 g/mol. The van der Waals surface area contributed by atoms with Crippen LogP contribution in [0.5, 0.6) is 0 Å². The van der Waals surface area contributed by atoms with Crippen LogP contribution in [-0.2, 0) is 0 Å². The van der Waals surface area contributed by atoms with Gasteiger partial charge in [0.2, 0.25) is 0 Å². The van der Waals surface area contributed by atoms with Crippen molar-refractivity contribution in [1.82, 2.24) is 0 Å². The van der Waals surface area contributed by atoms with Crippen molar-refractivity contribution >= 4 is 0 Å². The lowest BCUT2D eigenvalue weighted by Crippen LogP contribution is -1.88. The summed E-state index contributed by atoms with van der Waals surface area (Å²) in [6.45, 7) is 2.27. The first-order valence-electron chi connectivity index (χ1n) is 6.08. The van der Waals surface area contributed by atoms with Gasteiger partial charge in [-0.25, -0.2) is 0 Å². The fourth-order valence-corrected chi connectivity index (χ4v) is 2.16. The van der Waals surface area contributed by atoms with Gasteiger partial charge in [-0.15, -0.1) is 0 Å². The Balaban J connectivity index is 1.91. The Kier molecular flexibility index (Phi) is 5.97. The van der Waals surface area contributed by atoms with E-state index in [0.29, 0.717) is 0 Å². The summed E-state index contributed by atoms with van der Waals surface area (Å²) in [6.07, 6.45) is 17.5. The Bertz CT molecular complexity index is 129. The first kappa shape index (κ1) is 10.8. The maximum atomic E-state index is 2.42. The highest BCUT2D eigenvalue weighted by molar-refractivity contribution is 4.85. The van der Waals surface area contributed by atoms with E-state index in [-0.39, 0.29) is 0 Å². The average Bonchev–Trinajstić information content (AvgIpc) is 2.63. The molecule has 0 atom stereocenters. The molecule has 0 heteroatoms.